The summed E-state index contributed by atoms with van der Waals surface area (Å²) in [7, 11) is 0. The summed E-state index contributed by atoms with van der Waals surface area (Å²) in [4.78, 5) is 12.8. The van der Waals surface area contributed by atoms with Crippen molar-refractivity contribution in [3.05, 3.63) is 126 Å². The van der Waals surface area contributed by atoms with E-state index in [0.717, 1.165) is 33.1 Å². The highest BCUT2D eigenvalue weighted by molar-refractivity contribution is 6.11. The largest absolute Gasteiger partial charge is 0.422 e. The third-order valence-electron chi connectivity index (χ3n) is 6.64. The lowest BCUT2D eigenvalue weighted by atomic mass is 9.99. The molecule has 0 amide bonds. The maximum absolute atomic E-state index is 12.8. The van der Waals surface area contributed by atoms with E-state index in [1.54, 1.807) is 0 Å². The van der Waals surface area contributed by atoms with E-state index in [2.05, 4.69) is 77.4 Å². The first-order valence-corrected chi connectivity index (χ1v) is 11.3. The highest BCUT2D eigenvalue weighted by atomic mass is 16.4. The van der Waals surface area contributed by atoms with Gasteiger partial charge >= 0.3 is 5.63 Å². The zero-order chi connectivity index (χ0) is 22.6. The summed E-state index contributed by atoms with van der Waals surface area (Å²) < 4.78 is 7.89. The third kappa shape index (κ3) is 2.74. The molecule has 0 saturated carbocycles. The Kier molecular flexibility index (Phi) is 4.00. The van der Waals surface area contributed by atoms with Crippen molar-refractivity contribution in [2.75, 3.05) is 0 Å². The van der Waals surface area contributed by atoms with E-state index in [0.29, 0.717) is 11.0 Å². The smallest absolute Gasteiger partial charge is 0.344 e. The molecule has 0 saturated heterocycles. The lowest BCUT2D eigenvalue weighted by molar-refractivity contribution is 0.569. The van der Waals surface area contributed by atoms with Crippen LogP contribution in [0.4, 0.5) is 0 Å². The number of fused-ring (bicyclic) bond motifs is 6. The van der Waals surface area contributed by atoms with Gasteiger partial charge in [-0.25, -0.2) is 4.79 Å². The van der Waals surface area contributed by atoms with E-state index in [1.807, 2.05) is 42.5 Å². The second-order valence-corrected chi connectivity index (χ2v) is 8.57. The number of hydrogen-bond acceptors (Lipinski definition) is 2. The molecule has 0 unspecified atom stereocenters. The second-order valence-electron chi connectivity index (χ2n) is 8.57. The van der Waals surface area contributed by atoms with Gasteiger partial charge in [0.2, 0.25) is 0 Å². The minimum atomic E-state index is -0.308. The predicted octanol–water partition coefficient (Wildman–Crippen LogP) is 7.71. The molecular formula is C31H19NO2. The van der Waals surface area contributed by atoms with Crippen LogP contribution in [0.2, 0.25) is 0 Å². The molecule has 0 fully saturated rings. The summed E-state index contributed by atoms with van der Waals surface area (Å²) in [5, 5.41) is 4.85. The Balaban J connectivity index is 1.48. The average Bonchev–Trinajstić information content (AvgIpc) is 3.23. The third-order valence-corrected chi connectivity index (χ3v) is 6.64. The lowest BCUT2D eigenvalue weighted by Gasteiger charge is -2.09. The van der Waals surface area contributed by atoms with Crippen LogP contribution in [0.15, 0.2) is 124 Å². The molecule has 2 aromatic heterocycles. The number of aromatic nitrogens is 1. The molecule has 7 aromatic rings. The van der Waals surface area contributed by atoms with Gasteiger partial charge in [0.05, 0.1) is 16.4 Å². The fraction of sp³-hybridized carbons (Fsp3) is 0. The number of hydrogen-bond donors (Lipinski definition) is 0. The molecular weight excluding hydrogens is 418 g/mol. The molecule has 3 heteroatoms. The first kappa shape index (κ1) is 18.9. The Hall–Kier alpha value is -4.63. The highest BCUT2D eigenvalue weighted by Crippen LogP contribution is 2.35. The van der Waals surface area contributed by atoms with Gasteiger partial charge in [-0.15, -0.1) is 0 Å². The van der Waals surface area contributed by atoms with Crippen molar-refractivity contribution in [2.24, 2.45) is 0 Å². The molecule has 0 aliphatic rings. The van der Waals surface area contributed by atoms with Gasteiger partial charge in [-0.3, -0.25) is 0 Å². The van der Waals surface area contributed by atoms with Gasteiger partial charge in [0.1, 0.15) is 5.58 Å². The van der Waals surface area contributed by atoms with Crippen molar-refractivity contribution in [3.63, 3.8) is 0 Å². The van der Waals surface area contributed by atoms with Crippen molar-refractivity contribution in [1.29, 1.82) is 0 Å². The van der Waals surface area contributed by atoms with Crippen LogP contribution in [-0.2, 0) is 0 Å². The van der Waals surface area contributed by atoms with Crippen molar-refractivity contribution in [3.8, 4) is 16.8 Å². The molecule has 160 valence electrons. The van der Waals surface area contributed by atoms with E-state index in [-0.39, 0.29) is 5.63 Å². The van der Waals surface area contributed by atoms with Crippen LogP contribution >= 0.6 is 0 Å². The lowest BCUT2D eigenvalue weighted by Crippen LogP contribution is -2.00. The summed E-state index contributed by atoms with van der Waals surface area (Å²) in [5.74, 6) is 0. The molecule has 3 nitrogen and oxygen atoms in total. The second kappa shape index (κ2) is 7.19. The zero-order valence-electron chi connectivity index (χ0n) is 18.2. The number of para-hydroxylation sites is 3. The normalized spacial score (nSPS) is 11.6. The van der Waals surface area contributed by atoms with Gasteiger partial charge in [0.15, 0.2) is 0 Å². The average molecular weight is 437 g/mol. The minimum Gasteiger partial charge on any atom is -0.422 e. The summed E-state index contributed by atoms with van der Waals surface area (Å²) >= 11 is 0. The van der Waals surface area contributed by atoms with Crippen LogP contribution in [0.3, 0.4) is 0 Å². The molecule has 0 bridgehead atoms. The SMILES string of the molecule is O=c1oc2ccccc2c2ccc(-c3ccc4c(c3)c3ccccc3n4-c3ccccc3)cc12. The Morgan fingerprint density at radius 2 is 1.15 bits per heavy atom. The molecule has 0 aliphatic heterocycles. The predicted molar refractivity (Wildman–Crippen MR) is 140 cm³/mol. The molecule has 2 heterocycles. The first-order chi connectivity index (χ1) is 16.8. The van der Waals surface area contributed by atoms with Crippen LogP contribution in [0.25, 0.3) is 60.4 Å². The van der Waals surface area contributed by atoms with Gasteiger partial charge in [-0.05, 0) is 59.0 Å². The molecule has 0 aliphatic carbocycles. The van der Waals surface area contributed by atoms with Crippen LogP contribution in [0.1, 0.15) is 0 Å². The van der Waals surface area contributed by atoms with Crippen LogP contribution in [-0.4, -0.2) is 4.57 Å². The Morgan fingerprint density at radius 3 is 2.00 bits per heavy atom. The number of nitrogens with zero attached hydrogens (tertiary/aromatic N) is 1. The summed E-state index contributed by atoms with van der Waals surface area (Å²) in [5.41, 5.74) is 5.83. The maximum Gasteiger partial charge on any atom is 0.344 e. The fourth-order valence-electron chi connectivity index (χ4n) is 5.07. The molecule has 5 aromatic carbocycles. The van der Waals surface area contributed by atoms with Crippen LogP contribution in [0, 0.1) is 0 Å². The van der Waals surface area contributed by atoms with Crippen molar-refractivity contribution in [1.82, 2.24) is 4.57 Å². The molecule has 0 radical (unpaired) electrons. The molecule has 0 atom stereocenters. The summed E-state index contributed by atoms with van der Waals surface area (Å²) in [6.45, 7) is 0. The van der Waals surface area contributed by atoms with Gasteiger partial charge in [0.25, 0.3) is 0 Å². The molecule has 7 rings (SSSR count). The van der Waals surface area contributed by atoms with Crippen LogP contribution in [0.5, 0.6) is 0 Å². The van der Waals surface area contributed by atoms with Gasteiger partial charge in [-0.1, -0.05) is 72.8 Å². The van der Waals surface area contributed by atoms with Gasteiger partial charge < -0.3 is 8.98 Å². The highest BCUT2D eigenvalue weighted by Gasteiger charge is 2.14. The Labute approximate surface area is 195 Å². The standard InChI is InChI=1S/C31H19NO2/c33-31-27-19-20(14-16-23(27)25-11-5-7-13-30(25)34-31)21-15-17-29-26(18-21)24-10-4-6-12-28(24)32(29)22-8-2-1-3-9-22/h1-19H. The quantitative estimate of drug-likeness (QED) is 0.205. The van der Waals surface area contributed by atoms with E-state index < -0.39 is 0 Å². The fourth-order valence-corrected chi connectivity index (χ4v) is 5.07. The van der Waals surface area contributed by atoms with E-state index in [4.69, 9.17) is 4.42 Å². The van der Waals surface area contributed by atoms with Crippen LogP contribution < -0.4 is 5.63 Å². The number of rotatable bonds is 2. The van der Waals surface area contributed by atoms with Crippen molar-refractivity contribution in [2.45, 2.75) is 0 Å². The van der Waals surface area contributed by atoms with E-state index in [1.165, 1.54) is 16.3 Å². The van der Waals surface area contributed by atoms with E-state index >= 15 is 0 Å². The monoisotopic (exact) mass is 437 g/mol. The topological polar surface area (TPSA) is 35.1 Å². The van der Waals surface area contributed by atoms with E-state index in [9.17, 15) is 4.79 Å². The summed E-state index contributed by atoms with van der Waals surface area (Å²) in [6.07, 6.45) is 0. The summed E-state index contributed by atoms with van der Waals surface area (Å²) in [6, 6.07) is 39.2. The molecule has 0 spiro atoms. The minimum absolute atomic E-state index is 0.308. The first-order valence-electron chi connectivity index (χ1n) is 11.3. The maximum atomic E-state index is 12.8. The van der Waals surface area contributed by atoms with Gasteiger partial charge in [0, 0.05) is 21.8 Å². The zero-order valence-corrected chi connectivity index (χ0v) is 18.2. The van der Waals surface area contributed by atoms with Crippen molar-refractivity contribution < 1.29 is 4.42 Å². The Morgan fingerprint density at radius 1 is 0.500 bits per heavy atom. The molecule has 34 heavy (non-hydrogen) atoms. The number of benzene rings is 5. The molecule has 0 N–H and O–H groups in total. The Bertz CT molecular complexity index is 1930. The van der Waals surface area contributed by atoms with Gasteiger partial charge in [-0.2, -0.15) is 0 Å². The van der Waals surface area contributed by atoms with Crippen molar-refractivity contribution >= 4 is 43.5 Å².